The quantitative estimate of drug-likeness (QED) is 0.757. The molecule has 0 saturated heterocycles. The van der Waals surface area contributed by atoms with Crippen LogP contribution in [0.4, 0.5) is 4.79 Å². The lowest BCUT2D eigenvalue weighted by Gasteiger charge is -2.22. The molecule has 5 heteroatoms. The number of hydrogen-bond donors (Lipinski definition) is 2. The predicted octanol–water partition coefficient (Wildman–Crippen LogP) is 3.42. The fraction of sp³-hybridized carbons (Fsp3) is 0.588. The first kappa shape index (κ1) is 18.3. The molecule has 0 radical (unpaired) electrons. The molecule has 124 valence electrons. The zero-order valence-corrected chi connectivity index (χ0v) is 13.9. The Labute approximate surface area is 132 Å². The van der Waals surface area contributed by atoms with Gasteiger partial charge in [0.2, 0.25) is 0 Å². The van der Waals surface area contributed by atoms with Crippen LogP contribution in [0.25, 0.3) is 0 Å². The van der Waals surface area contributed by atoms with Gasteiger partial charge >= 0.3 is 6.09 Å². The number of benzene rings is 1. The van der Waals surface area contributed by atoms with Crippen LogP contribution in [-0.4, -0.2) is 30.0 Å². The van der Waals surface area contributed by atoms with E-state index in [1.54, 1.807) is 0 Å². The molecule has 1 rings (SSSR count). The normalized spacial score (nSPS) is 12.6. The molecule has 0 fully saturated rings. The Morgan fingerprint density at radius 1 is 1.32 bits per heavy atom. The lowest BCUT2D eigenvalue weighted by Crippen LogP contribution is -2.34. The molecule has 0 aliphatic rings. The van der Waals surface area contributed by atoms with Crippen LogP contribution in [-0.2, 0) is 4.74 Å². The number of unbranched alkanes of at least 4 members (excludes halogenated alkanes) is 1. The van der Waals surface area contributed by atoms with Crippen molar-refractivity contribution < 1.29 is 19.4 Å². The highest BCUT2D eigenvalue weighted by molar-refractivity contribution is 5.68. The zero-order valence-electron chi connectivity index (χ0n) is 13.9. The van der Waals surface area contributed by atoms with Crippen LogP contribution in [0.1, 0.15) is 52.1 Å². The summed E-state index contributed by atoms with van der Waals surface area (Å²) in [5.41, 5.74) is 0.437. The molecule has 1 aromatic rings. The zero-order chi connectivity index (χ0) is 16.6. The van der Waals surface area contributed by atoms with E-state index in [0.29, 0.717) is 6.61 Å². The maximum Gasteiger partial charge on any atom is 0.408 e. The van der Waals surface area contributed by atoms with E-state index in [-0.39, 0.29) is 12.6 Å². The fourth-order valence-electron chi connectivity index (χ4n) is 1.85. The van der Waals surface area contributed by atoms with Gasteiger partial charge in [-0.05, 0) is 58.2 Å². The van der Waals surface area contributed by atoms with Crippen molar-refractivity contribution in [2.75, 3.05) is 13.2 Å². The summed E-state index contributed by atoms with van der Waals surface area (Å²) >= 11 is 0. The number of nitrogens with one attached hydrogen (secondary N) is 1. The van der Waals surface area contributed by atoms with E-state index in [9.17, 15) is 4.79 Å². The van der Waals surface area contributed by atoms with Crippen molar-refractivity contribution in [2.24, 2.45) is 0 Å². The summed E-state index contributed by atoms with van der Waals surface area (Å²) in [5.74, 6) is 0.758. The Kier molecular flexibility index (Phi) is 7.18. The molecule has 2 N–H and O–H groups in total. The molecule has 0 saturated carbocycles. The van der Waals surface area contributed by atoms with Crippen LogP contribution in [0.2, 0.25) is 0 Å². The number of alkyl carbamates (subject to hydrolysis) is 1. The summed E-state index contributed by atoms with van der Waals surface area (Å²) in [7, 11) is 0. The molecule has 1 atom stereocenters. The molecule has 1 unspecified atom stereocenters. The van der Waals surface area contributed by atoms with E-state index in [1.807, 2.05) is 52.0 Å². The molecular formula is C17H27NO4. The Hall–Kier alpha value is -1.75. The third-order valence-electron chi connectivity index (χ3n) is 2.91. The largest absolute Gasteiger partial charge is 0.494 e. The topological polar surface area (TPSA) is 67.8 Å². The number of aliphatic hydroxyl groups excluding tert-OH is 1. The van der Waals surface area contributed by atoms with Crippen molar-refractivity contribution in [3.05, 3.63) is 29.8 Å². The Morgan fingerprint density at radius 2 is 2.05 bits per heavy atom. The minimum Gasteiger partial charge on any atom is -0.494 e. The number of carbonyl (C=O) groups excluding carboxylic acids is 1. The SMILES string of the molecule is CC(NC(=O)OC(C)(C)C)c1cccc(OCCCCO)c1. The number of hydrogen-bond acceptors (Lipinski definition) is 4. The van der Waals surface area contributed by atoms with Gasteiger partial charge in [-0.25, -0.2) is 4.79 Å². The van der Waals surface area contributed by atoms with Crippen LogP contribution in [0.5, 0.6) is 5.75 Å². The molecule has 0 aliphatic heterocycles. The number of carbonyl (C=O) groups is 1. The molecule has 1 aromatic carbocycles. The first-order valence-electron chi connectivity index (χ1n) is 7.65. The third kappa shape index (κ3) is 7.31. The second-order valence-electron chi connectivity index (χ2n) is 6.22. The Balaban J connectivity index is 2.54. The Bertz CT molecular complexity index is 468. The first-order valence-corrected chi connectivity index (χ1v) is 7.65. The van der Waals surface area contributed by atoms with E-state index in [4.69, 9.17) is 14.6 Å². The highest BCUT2D eigenvalue weighted by Gasteiger charge is 2.18. The second-order valence-corrected chi connectivity index (χ2v) is 6.22. The van der Waals surface area contributed by atoms with Gasteiger partial charge in [-0.3, -0.25) is 0 Å². The summed E-state index contributed by atoms with van der Waals surface area (Å²) in [5, 5.41) is 11.5. The lowest BCUT2D eigenvalue weighted by atomic mass is 10.1. The minimum atomic E-state index is -0.512. The lowest BCUT2D eigenvalue weighted by molar-refractivity contribution is 0.0508. The summed E-state index contributed by atoms with van der Waals surface area (Å²) in [6.07, 6.45) is 1.11. The summed E-state index contributed by atoms with van der Waals surface area (Å²) in [4.78, 5) is 11.8. The van der Waals surface area contributed by atoms with Crippen molar-refractivity contribution in [1.82, 2.24) is 5.32 Å². The molecule has 0 heterocycles. The van der Waals surface area contributed by atoms with Gasteiger partial charge in [0.1, 0.15) is 11.4 Å². The van der Waals surface area contributed by atoms with Crippen molar-refractivity contribution in [1.29, 1.82) is 0 Å². The van der Waals surface area contributed by atoms with Gasteiger partial charge in [-0.15, -0.1) is 0 Å². The van der Waals surface area contributed by atoms with E-state index >= 15 is 0 Å². The average Bonchev–Trinajstić information content (AvgIpc) is 2.42. The van der Waals surface area contributed by atoms with Gasteiger partial charge in [-0.2, -0.15) is 0 Å². The van der Waals surface area contributed by atoms with Crippen molar-refractivity contribution in [2.45, 2.75) is 52.2 Å². The maximum absolute atomic E-state index is 11.8. The van der Waals surface area contributed by atoms with Gasteiger partial charge in [0, 0.05) is 6.61 Å². The average molecular weight is 309 g/mol. The number of amides is 1. The van der Waals surface area contributed by atoms with E-state index in [0.717, 1.165) is 24.2 Å². The van der Waals surface area contributed by atoms with Gasteiger partial charge in [0.05, 0.1) is 12.6 Å². The minimum absolute atomic E-state index is 0.171. The predicted molar refractivity (Wildman–Crippen MR) is 86.0 cm³/mol. The van der Waals surface area contributed by atoms with Gasteiger partial charge in [0.15, 0.2) is 0 Å². The van der Waals surface area contributed by atoms with E-state index < -0.39 is 11.7 Å². The van der Waals surface area contributed by atoms with E-state index in [2.05, 4.69) is 5.32 Å². The van der Waals surface area contributed by atoms with Crippen molar-refractivity contribution >= 4 is 6.09 Å². The molecule has 22 heavy (non-hydrogen) atoms. The molecule has 0 bridgehead atoms. The molecule has 0 aromatic heterocycles. The summed E-state index contributed by atoms with van der Waals surface area (Å²) < 4.78 is 10.9. The highest BCUT2D eigenvalue weighted by Crippen LogP contribution is 2.20. The third-order valence-corrected chi connectivity index (χ3v) is 2.91. The van der Waals surface area contributed by atoms with Crippen molar-refractivity contribution in [3.8, 4) is 5.75 Å². The Morgan fingerprint density at radius 3 is 2.68 bits per heavy atom. The van der Waals surface area contributed by atoms with Gasteiger partial charge in [0.25, 0.3) is 0 Å². The number of rotatable bonds is 7. The van der Waals surface area contributed by atoms with Gasteiger partial charge in [-0.1, -0.05) is 12.1 Å². The van der Waals surface area contributed by atoms with Gasteiger partial charge < -0.3 is 19.9 Å². The molecule has 5 nitrogen and oxygen atoms in total. The first-order chi connectivity index (χ1) is 10.3. The molecule has 0 spiro atoms. The van der Waals surface area contributed by atoms with E-state index in [1.165, 1.54) is 0 Å². The summed E-state index contributed by atoms with van der Waals surface area (Å²) in [6.45, 7) is 8.14. The highest BCUT2D eigenvalue weighted by atomic mass is 16.6. The van der Waals surface area contributed by atoms with Crippen LogP contribution in [0, 0.1) is 0 Å². The second kappa shape index (κ2) is 8.63. The maximum atomic E-state index is 11.8. The number of aliphatic hydroxyl groups is 1. The number of ether oxygens (including phenoxy) is 2. The smallest absolute Gasteiger partial charge is 0.408 e. The van der Waals surface area contributed by atoms with Crippen LogP contribution in [0.15, 0.2) is 24.3 Å². The molecule has 0 aliphatic carbocycles. The van der Waals surface area contributed by atoms with Crippen LogP contribution < -0.4 is 10.1 Å². The van der Waals surface area contributed by atoms with Crippen LogP contribution >= 0.6 is 0 Å². The fourth-order valence-corrected chi connectivity index (χ4v) is 1.85. The molecule has 1 amide bonds. The summed E-state index contributed by atoms with van der Waals surface area (Å²) in [6, 6.07) is 7.44. The van der Waals surface area contributed by atoms with Crippen molar-refractivity contribution in [3.63, 3.8) is 0 Å². The molecular weight excluding hydrogens is 282 g/mol. The monoisotopic (exact) mass is 309 g/mol. The van der Waals surface area contributed by atoms with Crippen LogP contribution in [0.3, 0.4) is 0 Å². The standard InChI is InChI=1S/C17H27NO4/c1-13(18-16(20)22-17(2,3)4)14-8-7-9-15(12-14)21-11-6-5-10-19/h7-9,12-13,19H,5-6,10-11H2,1-4H3,(H,18,20).